The van der Waals surface area contributed by atoms with Crippen LogP contribution in [-0.4, -0.2) is 26.0 Å². The molecule has 0 amide bonds. The Morgan fingerprint density at radius 2 is 1.57 bits per heavy atom. The minimum absolute atomic E-state index is 1.91. The molecule has 2 N–H and O–H groups in total. The first-order chi connectivity index (χ1) is 6.41. The first-order valence-corrected chi connectivity index (χ1v) is 2.00. The van der Waals surface area contributed by atoms with Crippen molar-refractivity contribution in [3.63, 3.8) is 0 Å². The van der Waals surface area contributed by atoms with Gasteiger partial charge in [0.05, 0.1) is 0 Å². The zero-order valence-corrected chi connectivity index (χ0v) is 3.50. The van der Waals surface area contributed by atoms with Crippen molar-refractivity contribution in [1.82, 2.24) is 10.6 Å². The molecule has 2 rings (SSSR count). The quantitative estimate of drug-likeness (QED) is 0.421. The minimum atomic E-state index is -2.42. The van der Waals surface area contributed by atoms with Crippen LogP contribution in [0, 0.1) is 5.41 Å². The minimum Gasteiger partial charge on any atom is -0.315 e. The van der Waals surface area contributed by atoms with Gasteiger partial charge in [0.25, 0.3) is 0 Å². The fourth-order valence-corrected chi connectivity index (χ4v) is 0.500. The summed E-state index contributed by atoms with van der Waals surface area (Å²) >= 11 is 0. The maximum Gasteiger partial charge on any atom is 0.0435 e. The Balaban J connectivity index is 2.56. The lowest BCUT2D eigenvalue weighted by Gasteiger charge is -2.50. The van der Waals surface area contributed by atoms with Crippen LogP contribution in [0.4, 0.5) is 0 Å². The lowest BCUT2D eigenvalue weighted by Crippen LogP contribution is -2.69. The number of rotatable bonds is 0. The van der Waals surface area contributed by atoms with E-state index in [0.29, 0.717) is 0 Å². The van der Waals surface area contributed by atoms with Crippen LogP contribution >= 0.6 is 0 Å². The second-order valence-electron chi connectivity index (χ2n) is 1.50. The highest BCUT2D eigenvalue weighted by Crippen LogP contribution is 2.25. The molecule has 2 aliphatic rings. The molecule has 2 aliphatic heterocycles. The predicted molar refractivity (Wildman–Crippen MR) is 28.2 cm³/mol. The highest BCUT2D eigenvalue weighted by atomic mass is 15.1. The summed E-state index contributed by atoms with van der Waals surface area (Å²) in [7, 11) is 0. The van der Waals surface area contributed by atoms with Crippen molar-refractivity contribution in [2.75, 3.05) is 26.0 Å². The smallest absolute Gasteiger partial charge is 0.0435 e. The van der Waals surface area contributed by atoms with Crippen LogP contribution in [0.5, 0.6) is 0 Å². The van der Waals surface area contributed by atoms with Gasteiger partial charge in [-0.25, -0.2) is 0 Å². The van der Waals surface area contributed by atoms with Crippen LogP contribution in [0.15, 0.2) is 0 Å². The molecule has 0 bridgehead atoms. The largest absolute Gasteiger partial charge is 0.315 e. The van der Waals surface area contributed by atoms with Crippen LogP contribution in [0.25, 0.3) is 0 Å². The fraction of sp³-hybridized carbons (Fsp3) is 1.00. The molecule has 2 heterocycles. The Morgan fingerprint density at radius 1 is 1.14 bits per heavy atom. The van der Waals surface area contributed by atoms with E-state index in [4.69, 9.17) is 11.0 Å². The summed E-state index contributed by atoms with van der Waals surface area (Å²) in [4.78, 5) is 0. The number of hydrogen-bond donors (Lipinski definition) is 2. The van der Waals surface area contributed by atoms with Gasteiger partial charge in [-0.3, -0.25) is 0 Å². The summed E-state index contributed by atoms with van der Waals surface area (Å²) in [6.45, 7) is -9.69. The molecule has 0 unspecified atom stereocenters. The van der Waals surface area contributed by atoms with Crippen molar-refractivity contribution in [1.29, 1.82) is 0 Å². The average molecular weight is 106 g/mol. The highest BCUT2D eigenvalue weighted by Gasteiger charge is 2.41. The van der Waals surface area contributed by atoms with Gasteiger partial charge in [0.15, 0.2) is 0 Å². The van der Waals surface area contributed by atoms with E-state index in [9.17, 15) is 0 Å². The van der Waals surface area contributed by atoms with Gasteiger partial charge in [-0.1, -0.05) is 0 Å². The van der Waals surface area contributed by atoms with E-state index < -0.39 is 31.4 Å². The molecule has 2 saturated heterocycles. The Kier molecular flexibility index (Phi) is 0.138. The lowest BCUT2D eigenvalue weighted by atomic mass is 9.76. The maximum absolute atomic E-state index is 7.44. The van der Waals surface area contributed by atoms with Gasteiger partial charge in [-0.2, -0.15) is 0 Å². The molecule has 0 saturated carbocycles. The molecule has 2 fully saturated rings. The summed E-state index contributed by atoms with van der Waals surface area (Å²) in [6.07, 6.45) is 0. The number of hydrogen-bond acceptors (Lipinski definition) is 2. The van der Waals surface area contributed by atoms with Crippen LogP contribution in [-0.2, 0) is 0 Å². The van der Waals surface area contributed by atoms with Crippen molar-refractivity contribution in [2.24, 2.45) is 5.41 Å². The van der Waals surface area contributed by atoms with E-state index in [-0.39, 0.29) is 0 Å². The fourth-order valence-electron chi connectivity index (χ4n) is 0.500. The molecule has 0 aliphatic carbocycles. The molecular formula is C5H10N2. The van der Waals surface area contributed by atoms with Crippen molar-refractivity contribution < 1.29 is 11.0 Å². The third-order valence-corrected chi connectivity index (χ3v) is 1.00. The molecule has 1 spiro atoms. The van der Waals surface area contributed by atoms with Crippen molar-refractivity contribution >= 4 is 0 Å². The maximum atomic E-state index is 7.44. The van der Waals surface area contributed by atoms with Crippen molar-refractivity contribution in [3.8, 4) is 0 Å². The van der Waals surface area contributed by atoms with Gasteiger partial charge in [0, 0.05) is 42.4 Å². The Bertz CT molecular complexity index is 259. The molecule has 0 atom stereocenters. The van der Waals surface area contributed by atoms with Gasteiger partial charge >= 0.3 is 0 Å². The van der Waals surface area contributed by atoms with Gasteiger partial charge < -0.3 is 10.6 Å². The van der Waals surface area contributed by atoms with Gasteiger partial charge in [0.2, 0.25) is 0 Å². The Labute approximate surface area is 54.5 Å². The monoisotopic (exact) mass is 106 g/mol. The van der Waals surface area contributed by atoms with E-state index in [0.717, 1.165) is 0 Å². The predicted octanol–water partition coefficient (Wildman–Crippen LogP) is -0.821. The zero-order valence-electron chi connectivity index (χ0n) is 11.5. The van der Waals surface area contributed by atoms with Gasteiger partial charge in [0.1, 0.15) is 0 Å². The normalized spacial score (nSPS) is 80.0. The summed E-state index contributed by atoms with van der Waals surface area (Å²) in [5.74, 6) is 0. The third-order valence-electron chi connectivity index (χ3n) is 1.00. The highest BCUT2D eigenvalue weighted by molar-refractivity contribution is 5.01. The molecule has 0 aromatic heterocycles. The summed E-state index contributed by atoms with van der Waals surface area (Å²) in [5.41, 5.74) is -2.36. The van der Waals surface area contributed by atoms with E-state index in [1.165, 1.54) is 0 Å². The summed E-state index contributed by atoms with van der Waals surface area (Å²) in [5, 5.41) is 3.82. The molecule has 2 heteroatoms. The van der Waals surface area contributed by atoms with Gasteiger partial charge in [-0.05, 0) is 0 Å². The Morgan fingerprint density at radius 3 is 1.71 bits per heavy atom. The molecule has 40 valence electrons. The third kappa shape index (κ3) is 0.359. The Hall–Kier alpha value is -0.0800. The van der Waals surface area contributed by atoms with E-state index in [1.807, 2.05) is 10.6 Å². The molecular weight excluding hydrogens is 88.1 g/mol. The van der Waals surface area contributed by atoms with Crippen LogP contribution < -0.4 is 10.6 Å². The molecule has 2 nitrogen and oxygen atoms in total. The molecule has 0 radical (unpaired) electrons. The average Bonchev–Trinajstić information content (AvgIpc) is 1.72. The molecule has 0 aromatic carbocycles. The lowest BCUT2D eigenvalue weighted by molar-refractivity contribution is 0.0895. The first kappa shape index (κ1) is 0.957. The first-order valence-electron chi connectivity index (χ1n) is 6.00. The summed E-state index contributed by atoms with van der Waals surface area (Å²) < 4.78 is 59.5. The van der Waals surface area contributed by atoms with Crippen molar-refractivity contribution in [3.05, 3.63) is 0 Å². The van der Waals surface area contributed by atoms with E-state index in [2.05, 4.69) is 0 Å². The SMILES string of the molecule is [2H]C1([2H])NC([2H])([2H])C12C([2H])([2H])NC2([2H])[2H]. The number of nitrogens with one attached hydrogen (secondary N) is 2. The van der Waals surface area contributed by atoms with Crippen molar-refractivity contribution in [2.45, 2.75) is 0 Å². The standard InChI is InChI=1S/C5H10N2/c1-5(2-6-1)3-7-4-5/h6-7H,1-4H2/i1D2,2D2,3D2,4D2. The van der Waals surface area contributed by atoms with Gasteiger partial charge in [-0.15, -0.1) is 0 Å². The molecule has 7 heavy (non-hydrogen) atoms. The topological polar surface area (TPSA) is 24.1 Å². The summed E-state index contributed by atoms with van der Waals surface area (Å²) in [6, 6.07) is 0. The second kappa shape index (κ2) is 1.01. The molecule has 0 aromatic rings. The van der Waals surface area contributed by atoms with Crippen LogP contribution in [0.3, 0.4) is 0 Å². The van der Waals surface area contributed by atoms with E-state index >= 15 is 0 Å². The zero-order chi connectivity index (χ0) is 11.9. The second-order valence-corrected chi connectivity index (χ2v) is 1.50. The van der Waals surface area contributed by atoms with E-state index in [1.54, 1.807) is 0 Å². The van der Waals surface area contributed by atoms with Crippen LogP contribution in [0.2, 0.25) is 0 Å². The van der Waals surface area contributed by atoms with Crippen LogP contribution in [0.1, 0.15) is 11.0 Å².